The zero-order chi connectivity index (χ0) is 18.4. The Hall–Kier alpha value is -1.77. The second-order valence-corrected chi connectivity index (χ2v) is 7.01. The van der Waals surface area contributed by atoms with E-state index in [2.05, 4.69) is 33.2 Å². The predicted octanol–water partition coefficient (Wildman–Crippen LogP) is 2.47. The van der Waals surface area contributed by atoms with Gasteiger partial charge >= 0.3 is 0 Å². The lowest BCUT2D eigenvalue weighted by atomic mass is 10.2. The molecule has 2 aromatic rings. The smallest absolute Gasteiger partial charge is 0.256 e. The van der Waals surface area contributed by atoms with Crippen LogP contribution < -0.4 is 10.2 Å². The molecule has 0 amide bonds. The van der Waals surface area contributed by atoms with Crippen LogP contribution in [0.25, 0.3) is 0 Å². The third-order valence-electron chi connectivity index (χ3n) is 4.19. The number of morpholine rings is 1. The van der Waals surface area contributed by atoms with E-state index in [0.717, 1.165) is 61.4 Å². The number of rotatable bonds is 8. The summed E-state index contributed by atoms with van der Waals surface area (Å²) < 4.78 is 11.2. The topological polar surface area (TPSA) is 83.7 Å². The standard InChI is InChI=1S/C18H26N4O3S/c1-3-16-13(2)20-18(25-16)26-12-14-10-15(22-5-8-24-9-6-22)11-17(21-14)19-4-7-23/h10-11,23H,3-9,12H2,1-2H3,(H,19,21). The summed E-state index contributed by atoms with van der Waals surface area (Å²) in [4.78, 5) is 11.4. The quantitative estimate of drug-likeness (QED) is 0.678. The highest BCUT2D eigenvalue weighted by Crippen LogP contribution is 2.27. The zero-order valence-corrected chi connectivity index (χ0v) is 16.1. The average molecular weight is 378 g/mol. The molecule has 0 radical (unpaired) electrons. The third-order valence-corrected chi connectivity index (χ3v) is 5.06. The fraction of sp³-hybridized carbons (Fsp3) is 0.556. The van der Waals surface area contributed by atoms with Crippen LogP contribution in [0.5, 0.6) is 0 Å². The normalized spacial score (nSPS) is 14.7. The van der Waals surface area contributed by atoms with Gasteiger partial charge in [0.05, 0.1) is 31.2 Å². The molecule has 1 saturated heterocycles. The summed E-state index contributed by atoms with van der Waals surface area (Å²) in [5, 5.41) is 12.9. The molecule has 2 N–H and O–H groups in total. The SMILES string of the molecule is CCc1oc(SCc2cc(N3CCOCC3)cc(NCCO)n2)nc1C. The number of hydrogen-bond acceptors (Lipinski definition) is 8. The van der Waals surface area contributed by atoms with Crippen LogP contribution in [-0.4, -0.2) is 54.5 Å². The molecule has 0 unspecified atom stereocenters. The molecule has 26 heavy (non-hydrogen) atoms. The minimum absolute atomic E-state index is 0.0724. The molecule has 0 aliphatic carbocycles. The summed E-state index contributed by atoms with van der Waals surface area (Å²) in [5.74, 6) is 2.39. The minimum atomic E-state index is 0.0724. The summed E-state index contributed by atoms with van der Waals surface area (Å²) >= 11 is 1.55. The lowest BCUT2D eigenvalue weighted by molar-refractivity contribution is 0.122. The van der Waals surface area contributed by atoms with Crippen molar-refractivity contribution in [1.82, 2.24) is 9.97 Å². The number of pyridine rings is 1. The first-order valence-electron chi connectivity index (χ1n) is 8.97. The van der Waals surface area contributed by atoms with Crippen molar-refractivity contribution in [3.63, 3.8) is 0 Å². The van der Waals surface area contributed by atoms with E-state index in [-0.39, 0.29) is 6.61 Å². The maximum atomic E-state index is 9.08. The van der Waals surface area contributed by atoms with Gasteiger partial charge < -0.3 is 24.5 Å². The summed E-state index contributed by atoms with van der Waals surface area (Å²) in [6, 6.07) is 4.14. The highest BCUT2D eigenvalue weighted by molar-refractivity contribution is 7.98. The number of aromatic nitrogens is 2. The molecule has 1 aliphatic heterocycles. The van der Waals surface area contributed by atoms with E-state index in [1.165, 1.54) is 0 Å². The van der Waals surface area contributed by atoms with E-state index >= 15 is 0 Å². The zero-order valence-electron chi connectivity index (χ0n) is 15.3. The van der Waals surface area contributed by atoms with E-state index in [9.17, 15) is 0 Å². The van der Waals surface area contributed by atoms with Crippen molar-refractivity contribution < 1.29 is 14.3 Å². The van der Waals surface area contributed by atoms with Crippen LogP contribution in [0, 0.1) is 6.92 Å². The molecule has 0 bridgehead atoms. The number of aliphatic hydroxyl groups excluding tert-OH is 1. The number of nitrogens with zero attached hydrogens (tertiary/aromatic N) is 3. The van der Waals surface area contributed by atoms with Crippen molar-refractivity contribution >= 4 is 23.3 Å². The Labute approximate surface area is 158 Å². The number of hydrogen-bond donors (Lipinski definition) is 2. The molecule has 2 aromatic heterocycles. The highest BCUT2D eigenvalue weighted by atomic mass is 32.2. The number of ether oxygens (including phenoxy) is 1. The van der Waals surface area contributed by atoms with Gasteiger partial charge in [0.15, 0.2) is 0 Å². The molecule has 0 spiro atoms. The number of aryl methyl sites for hydroxylation is 2. The molecular weight excluding hydrogens is 352 g/mol. The molecule has 0 saturated carbocycles. The molecule has 3 heterocycles. The van der Waals surface area contributed by atoms with Gasteiger partial charge in [-0.05, 0) is 13.0 Å². The Morgan fingerprint density at radius 3 is 2.77 bits per heavy atom. The number of thioether (sulfide) groups is 1. The predicted molar refractivity (Wildman–Crippen MR) is 103 cm³/mol. The Bertz CT molecular complexity index is 716. The first-order valence-corrected chi connectivity index (χ1v) is 9.95. The Morgan fingerprint density at radius 1 is 1.27 bits per heavy atom. The van der Waals surface area contributed by atoms with E-state index in [1.54, 1.807) is 11.8 Å². The van der Waals surface area contributed by atoms with Crippen molar-refractivity contribution in [2.45, 2.75) is 31.2 Å². The van der Waals surface area contributed by atoms with Crippen molar-refractivity contribution in [1.29, 1.82) is 0 Å². The van der Waals surface area contributed by atoms with Gasteiger partial charge in [0.2, 0.25) is 0 Å². The Balaban J connectivity index is 1.75. The molecular formula is C18H26N4O3S. The number of aliphatic hydroxyl groups is 1. The molecule has 8 heteroatoms. The Kier molecular flexibility index (Phi) is 6.76. The van der Waals surface area contributed by atoms with Gasteiger partial charge in [0.1, 0.15) is 11.6 Å². The van der Waals surface area contributed by atoms with E-state index in [0.29, 0.717) is 17.5 Å². The summed E-state index contributed by atoms with van der Waals surface area (Å²) in [6.45, 7) is 7.80. The molecule has 1 fully saturated rings. The van der Waals surface area contributed by atoms with Gasteiger partial charge in [0.25, 0.3) is 5.22 Å². The summed E-state index contributed by atoms with van der Waals surface area (Å²) in [7, 11) is 0. The van der Waals surface area contributed by atoms with Crippen molar-refractivity contribution in [3.8, 4) is 0 Å². The van der Waals surface area contributed by atoms with Gasteiger partial charge in [-0.15, -0.1) is 0 Å². The Morgan fingerprint density at radius 2 is 2.08 bits per heavy atom. The lowest BCUT2D eigenvalue weighted by Crippen LogP contribution is -2.36. The van der Waals surface area contributed by atoms with Crippen LogP contribution in [0.4, 0.5) is 11.5 Å². The third kappa shape index (κ3) is 4.90. The second-order valence-electron chi connectivity index (χ2n) is 6.08. The van der Waals surface area contributed by atoms with Gasteiger partial charge in [-0.25, -0.2) is 9.97 Å². The van der Waals surface area contributed by atoms with Crippen LogP contribution in [0.3, 0.4) is 0 Å². The minimum Gasteiger partial charge on any atom is -0.436 e. The fourth-order valence-electron chi connectivity index (χ4n) is 2.85. The number of oxazole rings is 1. The molecule has 3 rings (SSSR count). The molecule has 1 aliphatic rings. The van der Waals surface area contributed by atoms with Crippen molar-refractivity contribution in [2.75, 3.05) is 49.7 Å². The average Bonchev–Trinajstić information content (AvgIpc) is 3.05. The fourth-order valence-corrected chi connectivity index (χ4v) is 3.63. The van der Waals surface area contributed by atoms with Crippen LogP contribution in [0.2, 0.25) is 0 Å². The maximum Gasteiger partial charge on any atom is 0.256 e. The van der Waals surface area contributed by atoms with Crippen molar-refractivity contribution in [2.24, 2.45) is 0 Å². The first-order chi connectivity index (χ1) is 12.7. The summed E-state index contributed by atoms with van der Waals surface area (Å²) in [6.07, 6.45) is 0.847. The van der Waals surface area contributed by atoms with E-state index in [4.69, 9.17) is 14.3 Å². The van der Waals surface area contributed by atoms with E-state index in [1.807, 2.05) is 13.0 Å². The highest BCUT2D eigenvalue weighted by Gasteiger charge is 2.15. The molecule has 142 valence electrons. The number of anilines is 2. The molecule has 7 nitrogen and oxygen atoms in total. The molecule has 0 atom stereocenters. The van der Waals surface area contributed by atoms with Crippen LogP contribution in [0.15, 0.2) is 21.8 Å². The van der Waals surface area contributed by atoms with E-state index < -0.39 is 0 Å². The summed E-state index contributed by atoms with van der Waals surface area (Å²) in [5.41, 5.74) is 3.03. The van der Waals surface area contributed by atoms with Gasteiger partial charge in [-0.3, -0.25) is 0 Å². The number of nitrogens with one attached hydrogen (secondary N) is 1. The van der Waals surface area contributed by atoms with Gasteiger partial charge in [0, 0.05) is 43.6 Å². The molecule has 0 aromatic carbocycles. The monoisotopic (exact) mass is 378 g/mol. The van der Waals surface area contributed by atoms with Crippen LogP contribution >= 0.6 is 11.8 Å². The largest absolute Gasteiger partial charge is 0.436 e. The second kappa shape index (κ2) is 9.25. The van der Waals surface area contributed by atoms with Crippen molar-refractivity contribution in [3.05, 3.63) is 29.3 Å². The van der Waals surface area contributed by atoms with Gasteiger partial charge in [-0.2, -0.15) is 0 Å². The van der Waals surface area contributed by atoms with Crippen LogP contribution in [-0.2, 0) is 16.9 Å². The first kappa shape index (κ1) is 19.0. The van der Waals surface area contributed by atoms with Gasteiger partial charge in [-0.1, -0.05) is 18.7 Å². The lowest BCUT2D eigenvalue weighted by Gasteiger charge is -2.29. The maximum absolute atomic E-state index is 9.08. The van der Waals surface area contributed by atoms with Crippen LogP contribution in [0.1, 0.15) is 24.1 Å².